The molecule has 88 valence electrons. The van der Waals surface area contributed by atoms with E-state index in [0.717, 1.165) is 5.56 Å². The minimum atomic E-state index is -3.31. The monoisotopic (exact) mass is 240 g/mol. The molecule has 0 aliphatic heterocycles. The lowest BCUT2D eigenvalue weighted by molar-refractivity contribution is 0.0991. The van der Waals surface area contributed by atoms with Crippen LogP contribution in [0.3, 0.4) is 0 Å². The first kappa shape index (κ1) is 12.9. The number of Topliss-reactive ketones (excluding diaryl/α,β-unsaturated/α-hetero) is 1. The van der Waals surface area contributed by atoms with Gasteiger partial charge in [-0.05, 0) is 13.8 Å². The molecule has 1 rings (SSSR count). The van der Waals surface area contributed by atoms with Gasteiger partial charge in [0.05, 0.1) is 0 Å². The van der Waals surface area contributed by atoms with Crippen molar-refractivity contribution in [3.8, 4) is 0 Å². The van der Waals surface area contributed by atoms with Crippen LogP contribution in [0.15, 0.2) is 24.3 Å². The van der Waals surface area contributed by atoms with Gasteiger partial charge in [-0.1, -0.05) is 36.8 Å². The highest BCUT2D eigenvalue weighted by Gasteiger charge is 2.26. The molecule has 0 N–H and O–H groups in total. The highest BCUT2D eigenvalue weighted by molar-refractivity contribution is 7.92. The third-order valence-corrected chi connectivity index (χ3v) is 4.74. The summed E-state index contributed by atoms with van der Waals surface area (Å²) in [5, 5.41) is -0.958. The molecule has 0 radical (unpaired) electrons. The molecule has 0 spiro atoms. The maximum Gasteiger partial charge on any atom is 0.180 e. The fraction of sp³-hybridized carbons (Fsp3) is 0.417. The molecule has 0 saturated heterocycles. The Balaban J connectivity index is 2.99. The number of rotatable bonds is 4. The summed E-state index contributed by atoms with van der Waals surface area (Å²) in [4.78, 5) is 11.9. The number of hydrogen-bond acceptors (Lipinski definition) is 3. The van der Waals surface area contributed by atoms with Crippen LogP contribution in [0.5, 0.6) is 0 Å². The van der Waals surface area contributed by atoms with Crippen molar-refractivity contribution in [3.05, 3.63) is 35.4 Å². The maximum atomic E-state index is 11.9. The van der Waals surface area contributed by atoms with E-state index in [1.165, 1.54) is 6.92 Å². The molecule has 0 amide bonds. The summed E-state index contributed by atoms with van der Waals surface area (Å²) >= 11 is 0. The van der Waals surface area contributed by atoms with Crippen LogP contribution < -0.4 is 0 Å². The number of benzene rings is 1. The van der Waals surface area contributed by atoms with Crippen molar-refractivity contribution in [3.63, 3.8) is 0 Å². The lowest BCUT2D eigenvalue weighted by atomic mass is 10.1. The van der Waals surface area contributed by atoms with Crippen LogP contribution in [0.4, 0.5) is 0 Å². The predicted molar refractivity (Wildman–Crippen MR) is 64.4 cm³/mol. The molecule has 0 heterocycles. The van der Waals surface area contributed by atoms with Crippen LogP contribution in [-0.4, -0.2) is 25.2 Å². The van der Waals surface area contributed by atoms with Crippen LogP contribution in [0, 0.1) is 6.92 Å². The zero-order chi connectivity index (χ0) is 12.3. The quantitative estimate of drug-likeness (QED) is 0.756. The maximum absolute atomic E-state index is 11.9. The molecule has 0 aliphatic carbocycles. The Morgan fingerprint density at radius 3 is 2.19 bits per heavy atom. The zero-order valence-electron chi connectivity index (χ0n) is 9.73. The van der Waals surface area contributed by atoms with Crippen LogP contribution in [0.25, 0.3) is 0 Å². The molecule has 0 saturated carbocycles. The standard InChI is InChI=1S/C12H16O3S/c1-4-16(14,15)10(3)12(13)11-7-5-9(2)6-8-11/h5-8,10H,4H2,1-3H3/t10-/m0/s1. The Kier molecular flexibility index (Phi) is 3.86. The van der Waals surface area contributed by atoms with E-state index in [9.17, 15) is 13.2 Å². The molecular weight excluding hydrogens is 224 g/mol. The molecule has 0 aromatic heterocycles. The minimum Gasteiger partial charge on any atom is -0.293 e. The molecule has 1 aromatic carbocycles. The average molecular weight is 240 g/mol. The fourth-order valence-corrected chi connectivity index (χ4v) is 2.33. The summed E-state index contributed by atoms with van der Waals surface area (Å²) in [5.74, 6) is -0.340. The van der Waals surface area contributed by atoms with Gasteiger partial charge in [-0.3, -0.25) is 4.79 Å². The molecule has 3 nitrogen and oxygen atoms in total. The Morgan fingerprint density at radius 1 is 1.25 bits per heavy atom. The Bertz CT molecular complexity index is 471. The second kappa shape index (κ2) is 4.78. The van der Waals surface area contributed by atoms with Gasteiger partial charge in [0.15, 0.2) is 15.6 Å². The topological polar surface area (TPSA) is 51.2 Å². The van der Waals surface area contributed by atoms with Crippen molar-refractivity contribution >= 4 is 15.6 Å². The largest absolute Gasteiger partial charge is 0.293 e. The van der Waals surface area contributed by atoms with E-state index in [-0.39, 0.29) is 11.5 Å². The summed E-state index contributed by atoms with van der Waals surface area (Å²) in [6.07, 6.45) is 0. The fourth-order valence-electron chi connectivity index (χ4n) is 1.37. The van der Waals surface area contributed by atoms with Crippen molar-refractivity contribution in [1.82, 2.24) is 0 Å². The average Bonchev–Trinajstić information content (AvgIpc) is 2.28. The van der Waals surface area contributed by atoms with Crippen LogP contribution in [-0.2, 0) is 9.84 Å². The summed E-state index contributed by atoms with van der Waals surface area (Å²) in [5.41, 5.74) is 1.50. The van der Waals surface area contributed by atoms with Gasteiger partial charge >= 0.3 is 0 Å². The van der Waals surface area contributed by atoms with Gasteiger partial charge < -0.3 is 0 Å². The van der Waals surface area contributed by atoms with Crippen molar-refractivity contribution in [2.45, 2.75) is 26.0 Å². The number of hydrogen-bond donors (Lipinski definition) is 0. The van der Waals surface area contributed by atoms with Crippen LogP contribution in [0.1, 0.15) is 29.8 Å². The summed E-state index contributed by atoms with van der Waals surface area (Å²) in [6, 6.07) is 6.94. The highest BCUT2D eigenvalue weighted by Crippen LogP contribution is 2.12. The first-order chi connectivity index (χ1) is 7.38. The summed E-state index contributed by atoms with van der Waals surface area (Å²) < 4.78 is 23.1. The highest BCUT2D eigenvalue weighted by atomic mass is 32.2. The van der Waals surface area contributed by atoms with Crippen molar-refractivity contribution in [2.75, 3.05) is 5.75 Å². The van der Waals surface area contributed by atoms with E-state index < -0.39 is 15.1 Å². The first-order valence-corrected chi connectivity index (χ1v) is 6.92. The van der Waals surface area contributed by atoms with Crippen molar-refractivity contribution < 1.29 is 13.2 Å². The SMILES string of the molecule is CCS(=O)(=O)[C@@H](C)C(=O)c1ccc(C)cc1. The Hall–Kier alpha value is -1.16. The van der Waals surface area contributed by atoms with Crippen molar-refractivity contribution in [1.29, 1.82) is 0 Å². The van der Waals surface area contributed by atoms with Gasteiger partial charge in [0.2, 0.25) is 0 Å². The van der Waals surface area contributed by atoms with Gasteiger partial charge in [-0.15, -0.1) is 0 Å². The van der Waals surface area contributed by atoms with Crippen LogP contribution in [0.2, 0.25) is 0 Å². The molecular formula is C12H16O3S. The van der Waals surface area contributed by atoms with E-state index in [2.05, 4.69) is 0 Å². The summed E-state index contributed by atoms with van der Waals surface area (Å²) in [6.45, 7) is 4.91. The molecule has 0 bridgehead atoms. The molecule has 1 atom stereocenters. The lowest BCUT2D eigenvalue weighted by Gasteiger charge is -2.10. The third kappa shape index (κ3) is 2.70. The van der Waals surface area contributed by atoms with E-state index in [0.29, 0.717) is 5.56 Å². The molecule has 16 heavy (non-hydrogen) atoms. The number of ketones is 1. The Morgan fingerprint density at radius 2 is 1.75 bits per heavy atom. The lowest BCUT2D eigenvalue weighted by Crippen LogP contribution is -2.28. The van der Waals surface area contributed by atoms with Crippen LogP contribution >= 0.6 is 0 Å². The van der Waals surface area contributed by atoms with E-state index in [4.69, 9.17) is 0 Å². The predicted octanol–water partition coefficient (Wildman–Crippen LogP) is 2.00. The Labute approximate surface area is 96.4 Å². The third-order valence-electron chi connectivity index (χ3n) is 2.65. The first-order valence-electron chi connectivity index (χ1n) is 5.21. The smallest absolute Gasteiger partial charge is 0.180 e. The molecule has 4 heteroatoms. The number of carbonyl (C=O) groups is 1. The van der Waals surface area contributed by atoms with Crippen molar-refractivity contribution in [2.24, 2.45) is 0 Å². The van der Waals surface area contributed by atoms with E-state index in [1.54, 1.807) is 31.2 Å². The molecule has 0 aliphatic rings. The van der Waals surface area contributed by atoms with E-state index >= 15 is 0 Å². The number of carbonyl (C=O) groups excluding carboxylic acids is 1. The van der Waals surface area contributed by atoms with Gasteiger partial charge in [-0.25, -0.2) is 8.42 Å². The molecule has 1 aromatic rings. The number of sulfone groups is 1. The molecule has 0 unspecified atom stereocenters. The van der Waals surface area contributed by atoms with Gasteiger partial charge in [-0.2, -0.15) is 0 Å². The van der Waals surface area contributed by atoms with Gasteiger partial charge in [0, 0.05) is 11.3 Å². The van der Waals surface area contributed by atoms with Gasteiger partial charge in [0.1, 0.15) is 5.25 Å². The normalized spacial score (nSPS) is 13.4. The second-order valence-electron chi connectivity index (χ2n) is 3.82. The second-order valence-corrected chi connectivity index (χ2v) is 6.43. The molecule has 0 fully saturated rings. The van der Waals surface area contributed by atoms with Gasteiger partial charge in [0.25, 0.3) is 0 Å². The van der Waals surface area contributed by atoms with E-state index in [1.807, 2.05) is 6.92 Å². The number of aryl methyl sites for hydroxylation is 1. The minimum absolute atomic E-state index is 0.00817. The zero-order valence-corrected chi connectivity index (χ0v) is 10.5. The summed E-state index contributed by atoms with van der Waals surface area (Å²) in [7, 11) is -3.31.